The molecule has 0 spiro atoms. The maximum absolute atomic E-state index is 12.7. The van der Waals surface area contributed by atoms with Crippen molar-refractivity contribution >= 4 is 11.9 Å². The number of carboxylic acids is 1. The summed E-state index contributed by atoms with van der Waals surface area (Å²) in [4.78, 5) is 22.4. The number of amides is 1. The average Bonchev–Trinajstić information content (AvgIpc) is 2.31. The minimum absolute atomic E-state index is 0.0884. The van der Waals surface area contributed by atoms with E-state index < -0.39 is 18.2 Å². The second-order valence-electron chi connectivity index (χ2n) is 2.86. The third-order valence-corrected chi connectivity index (χ3v) is 1.94. The Morgan fingerprint density at radius 2 is 2.17 bits per heavy atom. The van der Waals surface area contributed by atoms with Gasteiger partial charge in [0.05, 0.1) is 6.54 Å². The van der Waals surface area contributed by atoms with Gasteiger partial charge in [-0.25, -0.2) is 9.18 Å². The standard InChI is InChI=1S/C7H10FNO3/c1-4(10)9-3-5(8)2-6(9)7(11)12/h5-6H,2-3H2,1H3,(H,11,12). The first-order valence-corrected chi connectivity index (χ1v) is 3.66. The van der Waals surface area contributed by atoms with Crippen molar-refractivity contribution < 1.29 is 19.1 Å². The fraction of sp³-hybridized carbons (Fsp3) is 0.714. The molecule has 0 radical (unpaired) electrons. The Balaban J connectivity index is 2.72. The van der Waals surface area contributed by atoms with Gasteiger partial charge in [-0.15, -0.1) is 0 Å². The van der Waals surface area contributed by atoms with E-state index in [0.29, 0.717) is 0 Å². The Morgan fingerprint density at radius 3 is 2.50 bits per heavy atom. The van der Waals surface area contributed by atoms with Crippen molar-refractivity contribution in [3.8, 4) is 0 Å². The van der Waals surface area contributed by atoms with Gasteiger partial charge in [-0.2, -0.15) is 0 Å². The van der Waals surface area contributed by atoms with Crippen LogP contribution in [0.1, 0.15) is 13.3 Å². The molecule has 0 aromatic carbocycles. The number of hydrogen-bond acceptors (Lipinski definition) is 2. The van der Waals surface area contributed by atoms with E-state index in [1.807, 2.05) is 0 Å². The number of aliphatic carboxylic acids is 1. The molecule has 1 rings (SSSR count). The smallest absolute Gasteiger partial charge is 0.326 e. The molecule has 1 aliphatic heterocycles. The number of rotatable bonds is 1. The monoisotopic (exact) mass is 175 g/mol. The zero-order chi connectivity index (χ0) is 9.30. The summed E-state index contributed by atoms with van der Waals surface area (Å²) in [6, 6.07) is -0.975. The molecule has 1 fully saturated rings. The number of halogens is 1. The topological polar surface area (TPSA) is 57.6 Å². The third kappa shape index (κ3) is 1.54. The minimum Gasteiger partial charge on any atom is -0.480 e. The van der Waals surface area contributed by atoms with E-state index in [2.05, 4.69) is 0 Å². The molecule has 2 unspecified atom stereocenters. The van der Waals surface area contributed by atoms with Crippen LogP contribution in [0.4, 0.5) is 4.39 Å². The first kappa shape index (κ1) is 8.96. The van der Waals surface area contributed by atoms with Gasteiger partial charge >= 0.3 is 5.97 Å². The first-order valence-electron chi connectivity index (χ1n) is 3.66. The lowest BCUT2D eigenvalue weighted by molar-refractivity contribution is -0.147. The van der Waals surface area contributed by atoms with Crippen molar-refractivity contribution in [2.75, 3.05) is 6.54 Å². The fourth-order valence-electron chi connectivity index (χ4n) is 1.37. The highest BCUT2D eigenvalue weighted by atomic mass is 19.1. The van der Waals surface area contributed by atoms with Gasteiger partial charge in [0, 0.05) is 13.3 Å². The lowest BCUT2D eigenvalue weighted by atomic mass is 10.2. The third-order valence-electron chi connectivity index (χ3n) is 1.94. The van der Waals surface area contributed by atoms with E-state index in [9.17, 15) is 14.0 Å². The van der Waals surface area contributed by atoms with Crippen LogP contribution in [0.2, 0.25) is 0 Å². The van der Waals surface area contributed by atoms with Crippen LogP contribution in [0.3, 0.4) is 0 Å². The van der Waals surface area contributed by atoms with Gasteiger partial charge in [-0.05, 0) is 0 Å². The van der Waals surface area contributed by atoms with E-state index >= 15 is 0 Å². The van der Waals surface area contributed by atoms with Gasteiger partial charge in [-0.3, -0.25) is 4.79 Å². The molecule has 1 saturated heterocycles. The van der Waals surface area contributed by atoms with E-state index in [0.717, 1.165) is 4.90 Å². The molecule has 0 aliphatic carbocycles. The fourth-order valence-corrected chi connectivity index (χ4v) is 1.37. The molecule has 0 aromatic heterocycles. The number of carboxylic acid groups (broad SMARTS) is 1. The van der Waals surface area contributed by atoms with Gasteiger partial charge in [0.1, 0.15) is 12.2 Å². The van der Waals surface area contributed by atoms with E-state index in [1.54, 1.807) is 0 Å². The second kappa shape index (κ2) is 3.08. The van der Waals surface area contributed by atoms with Gasteiger partial charge in [0.15, 0.2) is 0 Å². The molecular weight excluding hydrogens is 165 g/mol. The summed E-state index contributed by atoms with van der Waals surface area (Å²) in [6.07, 6.45) is -1.29. The molecular formula is C7H10FNO3. The highest BCUT2D eigenvalue weighted by Gasteiger charge is 2.38. The number of hydrogen-bond donors (Lipinski definition) is 1. The van der Waals surface area contributed by atoms with Gasteiger partial charge < -0.3 is 10.0 Å². The molecule has 0 aromatic rings. The summed E-state index contributed by atoms with van der Waals surface area (Å²) in [7, 11) is 0. The first-order chi connectivity index (χ1) is 5.52. The maximum atomic E-state index is 12.7. The average molecular weight is 175 g/mol. The second-order valence-corrected chi connectivity index (χ2v) is 2.86. The van der Waals surface area contributed by atoms with E-state index in [-0.39, 0.29) is 18.9 Å². The molecule has 1 amide bonds. The van der Waals surface area contributed by atoms with Crippen molar-refractivity contribution in [1.29, 1.82) is 0 Å². The molecule has 5 heteroatoms. The summed E-state index contributed by atoms with van der Waals surface area (Å²) in [6.45, 7) is 1.15. The Morgan fingerprint density at radius 1 is 1.58 bits per heavy atom. The molecule has 0 bridgehead atoms. The van der Waals surface area contributed by atoms with E-state index in [4.69, 9.17) is 5.11 Å². The number of likely N-dealkylation sites (tertiary alicyclic amines) is 1. The summed E-state index contributed by atoms with van der Waals surface area (Å²) in [5.41, 5.74) is 0. The van der Waals surface area contributed by atoms with Crippen LogP contribution in [0.15, 0.2) is 0 Å². The lowest BCUT2D eigenvalue weighted by Crippen LogP contribution is -2.39. The molecule has 12 heavy (non-hydrogen) atoms. The quantitative estimate of drug-likeness (QED) is 0.611. The number of alkyl halides is 1. The Bertz CT molecular complexity index is 197. The van der Waals surface area contributed by atoms with Crippen LogP contribution < -0.4 is 0 Å². The van der Waals surface area contributed by atoms with Crippen molar-refractivity contribution in [2.45, 2.75) is 25.6 Å². The highest BCUT2D eigenvalue weighted by Crippen LogP contribution is 2.20. The SMILES string of the molecule is CC(=O)N1CC(F)CC1C(=O)O. The zero-order valence-corrected chi connectivity index (χ0v) is 6.66. The number of carbonyl (C=O) groups excluding carboxylic acids is 1. The predicted octanol–water partition coefficient (Wildman–Crippen LogP) is 0.0299. The predicted molar refractivity (Wildman–Crippen MR) is 38.3 cm³/mol. The van der Waals surface area contributed by atoms with Crippen LogP contribution in [0, 0.1) is 0 Å². The normalized spacial score (nSPS) is 29.0. The van der Waals surface area contributed by atoms with Crippen molar-refractivity contribution in [1.82, 2.24) is 4.90 Å². The van der Waals surface area contributed by atoms with Gasteiger partial charge in [0.2, 0.25) is 5.91 Å². The largest absolute Gasteiger partial charge is 0.480 e. The van der Waals surface area contributed by atoms with Gasteiger partial charge in [-0.1, -0.05) is 0 Å². The Labute approximate surface area is 69.0 Å². The van der Waals surface area contributed by atoms with Crippen LogP contribution in [0.25, 0.3) is 0 Å². The molecule has 1 heterocycles. The molecule has 4 nitrogen and oxygen atoms in total. The van der Waals surface area contributed by atoms with Crippen LogP contribution in [-0.4, -0.2) is 40.6 Å². The van der Waals surface area contributed by atoms with Crippen LogP contribution >= 0.6 is 0 Å². The van der Waals surface area contributed by atoms with Crippen LogP contribution in [0.5, 0.6) is 0 Å². The Hall–Kier alpha value is -1.13. The Kier molecular flexibility index (Phi) is 2.30. The lowest BCUT2D eigenvalue weighted by Gasteiger charge is -2.18. The van der Waals surface area contributed by atoms with E-state index in [1.165, 1.54) is 6.92 Å². The molecule has 0 saturated carbocycles. The molecule has 1 N–H and O–H groups in total. The van der Waals surface area contributed by atoms with Crippen molar-refractivity contribution in [2.24, 2.45) is 0 Å². The van der Waals surface area contributed by atoms with Gasteiger partial charge in [0.25, 0.3) is 0 Å². The molecule has 2 atom stereocenters. The summed E-state index contributed by atoms with van der Waals surface area (Å²) < 4.78 is 12.7. The van der Waals surface area contributed by atoms with Crippen molar-refractivity contribution in [3.63, 3.8) is 0 Å². The number of nitrogens with zero attached hydrogens (tertiary/aromatic N) is 1. The summed E-state index contributed by atoms with van der Waals surface area (Å²) in [5, 5.41) is 8.59. The maximum Gasteiger partial charge on any atom is 0.326 e. The highest BCUT2D eigenvalue weighted by molar-refractivity contribution is 5.83. The molecule has 68 valence electrons. The summed E-state index contributed by atoms with van der Waals surface area (Å²) >= 11 is 0. The van der Waals surface area contributed by atoms with Crippen LogP contribution in [-0.2, 0) is 9.59 Å². The van der Waals surface area contributed by atoms with Crippen molar-refractivity contribution in [3.05, 3.63) is 0 Å². The molecule has 1 aliphatic rings. The summed E-state index contributed by atoms with van der Waals surface area (Å²) in [5.74, 6) is -1.52. The minimum atomic E-state index is -1.20. The zero-order valence-electron chi connectivity index (χ0n) is 6.66. The number of carbonyl (C=O) groups is 2.